The molecule has 1 heterocycles. The van der Waals surface area contributed by atoms with E-state index in [0.717, 1.165) is 24.9 Å². The van der Waals surface area contributed by atoms with Crippen molar-refractivity contribution in [1.29, 1.82) is 0 Å². The van der Waals surface area contributed by atoms with E-state index in [4.69, 9.17) is 13.9 Å². The maximum Gasteiger partial charge on any atom is 0.336 e. The van der Waals surface area contributed by atoms with Crippen LogP contribution in [0.2, 0.25) is 0 Å². The van der Waals surface area contributed by atoms with Crippen molar-refractivity contribution >= 4 is 22.6 Å². The zero-order valence-corrected chi connectivity index (χ0v) is 15.6. The third-order valence-electron chi connectivity index (χ3n) is 4.13. The number of aliphatic hydroxyl groups excluding tert-OH is 1. The molecular weight excluding hydrogens is 350 g/mol. The van der Waals surface area contributed by atoms with Crippen molar-refractivity contribution in [3.63, 3.8) is 0 Å². The van der Waals surface area contributed by atoms with Crippen molar-refractivity contribution in [2.45, 2.75) is 26.6 Å². The minimum atomic E-state index is -1.29. The summed E-state index contributed by atoms with van der Waals surface area (Å²) >= 11 is 0. The Balaban J connectivity index is 2.13. The molecule has 1 aromatic heterocycles. The van der Waals surface area contributed by atoms with Crippen molar-refractivity contribution in [3.8, 4) is 0 Å². The molecule has 0 aliphatic heterocycles. The highest BCUT2D eigenvalue weighted by Crippen LogP contribution is 2.27. The fourth-order valence-corrected chi connectivity index (χ4v) is 2.74. The van der Waals surface area contributed by atoms with Crippen LogP contribution in [0.5, 0.6) is 0 Å². The summed E-state index contributed by atoms with van der Waals surface area (Å²) in [7, 11) is 0. The van der Waals surface area contributed by atoms with Crippen LogP contribution in [0.4, 0.5) is 5.69 Å². The molecule has 0 bridgehead atoms. The minimum Gasteiger partial charge on any atom is -0.462 e. The van der Waals surface area contributed by atoms with Crippen LogP contribution in [0.3, 0.4) is 0 Å². The molecule has 2 aromatic rings. The van der Waals surface area contributed by atoms with E-state index >= 15 is 0 Å². The van der Waals surface area contributed by atoms with Gasteiger partial charge in [-0.05, 0) is 26.0 Å². The molecule has 1 unspecified atom stereocenters. The second-order valence-corrected chi connectivity index (χ2v) is 5.82. The average Bonchev–Trinajstić information content (AvgIpc) is 2.67. The number of anilines is 1. The monoisotopic (exact) mass is 375 g/mol. The van der Waals surface area contributed by atoms with Crippen molar-refractivity contribution in [3.05, 3.63) is 52.9 Å². The van der Waals surface area contributed by atoms with Crippen LogP contribution < -0.4 is 10.5 Å². The van der Waals surface area contributed by atoms with Gasteiger partial charge >= 0.3 is 11.6 Å². The molecule has 2 rings (SSSR count). The lowest BCUT2D eigenvalue weighted by Gasteiger charge is -2.21. The Kier molecular flexibility index (Phi) is 7.57. The van der Waals surface area contributed by atoms with E-state index in [1.54, 1.807) is 12.1 Å². The lowest BCUT2D eigenvalue weighted by molar-refractivity contribution is -0.139. The number of carbonyl (C=O) groups is 1. The predicted octanol–water partition coefficient (Wildman–Crippen LogP) is 2.77. The van der Waals surface area contributed by atoms with Gasteiger partial charge in [-0.3, -0.25) is 0 Å². The lowest BCUT2D eigenvalue weighted by Crippen LogP contribution is -2.21. The van der Waals surface area contributed by atoms with Gasteiger partial charge in [-0.15, -0.1) is 0 Å². The maximum absolute atomic E-state index is 11.9. The zero-order valence-electron chi connectivity index (χ0n) is 15.6. The Bertz CT molecular complexity index is 840. The van der Waals surface area contributed by atoms with Crippen LogP contribution in [0.25, 0.3) is 11.0 Å². The molecule has 7 nitrogen and oxygen atoms in total. The summed E-state index contributed by atoms with van der Waals surface area (Å²) in [5.41, 5.74) is 1.11. The molecule has 0 aliphatic carbocycles. The third-order valence-corrected chi connectivity index (χ3v) is 4.13. The second-order valence-electron chi connectivity index (χ2n) is 5.82. The molecule has 0 radical (unpaired) electrons. The molecule has 1 N–H and O–H groups in total. The molecular formula is C20H25NO6. The number of hydrogen-bond donors (Lipinski definition) is 1. The first-order chi connectivity index (χ1) is 13.0. The molecule has 0 spiro atoms. The van der Waals surface area contributed by atoms with E-state index in [9.17, 15) is 14.7 Å². The number of nitrogens with zero attached hydrogens (tertiary/aromatic N) is 1. The summed E-state index contributed by atoms with van der Waals surface area (Å²) in [5, 5.41) is 10.9. The first-order valence-corrected chi connectivity index (χ1v) is 8.91. The van der Waals surface area contributed by atoms with Crippen molar-refractivity contribution < 1.29 is 23.8 Å². The van der Waals surface area contributed by atoms with Gasteiger partial charge in [0, 0.05) is 54.4 Å². The lowest BCUT2D eigenvalue weighted by atomic mass is 10.1. The molecule has 0 fully saturated rings. The molecule has 27 heavy (non-hydrogen) atoms. The molecule has 7 heteroatoms. The minimum absolute atomic E-state index is 0.155. The van der Waals surface area contributed by atoms with E-state index in [2.05, 4.69) is 11.5 Å². The van der Waals surface area contributed by atoms with Gasteiger partial charge in [-0.25, -0.2) is 9.59 Å². The van der Waals surface area contributed by atoms with E-state index in [1.807, 2.05) is 19.9 Å². The number of benzene rings is 1. The Labute approximate surface area is 157 Å². The molecule has 146 valence electrons. The number of hydrogen-bond acceptors (Lipinski definition) is 7. The van der Waals surface area contributed by atoms with Crippen molar-refractivity contribution in [2.75, 3.05) is 31.2 Å². The highest BCUT2D eigenvalue weighted by molar-refractivity contribution is 5.84. The van der Waals surface area contributed by atoms with E-state index in [1.165, 1.54) is 6.07 Å². The van der Waals surface area contributed by atoms with E-state index < -0.39 is 17.9 Å². The third kappa shape index (κ3) is 5.42. The number of esters is 1. The van der Waals surface area contributed by atoms with Gasteiger partial charge in [0.25, 0.3) is 0 Å². The fourth-order valence-electron chi connectivity index (χ4n) is 2.74. The Hall–Kier alpha value is -2.64. The average molecular weight is 375 g/mol. The number of carbonyl (C=O) groups excluding carboxylic acids is 1. The quantitative estimate of drug-likeness (QED) is 0.224. The normalized spacial score (nSPS) is 12.0. The molecule has 0 amide bonds. The van der Waals surface area contributed by atoms with Gasteiger partial charge in [0.05, 0.1) is 13.2 Å². The number of fused-ring (bicyclic) bond motifs is 1. The molecule has 1 aromatic carbocycles. The van der Waals surface area contributed by atoms with Gasteiger partial charge in [0.2, 0.25) is 0 Å². The van der Waals surface area contributed by atoms with Crippen molar-refractivity contribution in [2.24, 2.45) is 0 Å². The largest absolute Gasteiger partial charge is 0.462 e. The van der Waals surface area contributed by atoms with Crippen LogP contribution in [0, 0.1) is 0 Å². The first kappa shape index (κ1) is 20.7. The first-order valence-electron chi connectivity index (χ1n) is 8.91. The fraction of sp³-hybridized carbons (Fsp3) is 0.400. The van der Waals surface area contributed by atoms with Crippen LogP contribution in [-0.4, -0.2) is 37.4 Å². The summed E-state index contributed by atoms with van der Waals surface area (Å²) < 4.78 is 15.5. The second kappa shape index (κ2) is 9.89. The topological polar surface area (TPSA) is 89.2 Å². The Morgan fingerprint density at radius 2 is 2.04 bits per heavy atom. The van der Waals surface area contributed by atoms with Crippen LogP contribution >= 0.6 is 0 Å². The van der Waals surface area contributed by atoms with Crippen LogP contribution in [-0.2, 0) is 14.3 Å². The molecule has 0 saturated carbocycles. The van der Waals surface area contributed by atoms with Gasteiger partial charge in [-0.2, -0.15) is 0 Å². The summed E-state index contributed by atoms with van der Waals surface area (Å²) in [4.78, 5) is 25.0. The zero-order chi connectivity index (χ0) is 19.8. The van der Waals surface area contributed by atoms with Crippen LogP contribution in [0.1, 0.15) is 32.1 Å². The number of rotatable bonds is 10. The molecule has 0 aliphatic rings. The number of aliphatic hydroxyl groups is 1. The van der Waals surface area contributed by atoms with Gasteiger partial charge in [0.15, 0.2) is 6.29 Å². The van der Waals surface area contributed by atoms with E-state index in [-0.39, 0.29) is 13.2 Å². The van der Waals surface area contributed by atoms with Gasteiger partial charge in [-0.1, -0.05) is 6.58 Å². The van der Waals surface area contributed by atoms with Gasteiger partial charge in [0.1, 0.15) is 5.58 Å². The highest BCUT2D eigenvalue weighted by atomic mass is 16.6. The molecule has 0 saturated heterocycles. The van der Waals surface area contributed by atoms with E-state index in [0.29, 0.717) is 23.0 Å². The van der Waals surface area contributed by atoms with Crippen molar-refractivity contribution in [1.82, 2.24) is 0 Å². The Morgan fingerprint density at radius 1 is 1.30 bits per heavy atom. The summed E-state index contributed by atoms with van der Waals surface area (Å²) in [6, 6.07) is 6.73. The summed E-state index contributed by atoms with van der Waals surface area (Å²) in [5.74, 6) is -0.508. The summed E-state index contributed by atoms with van der Waals surface area (Å²) in [6.07, 6.45) is 0.200. The standard InChI is InChI=1S/C20H25NO6/c1-4-18(22)25-10-7-11-26-20(24)16-13-19(23)27-17-12-14(8-9-15(16)17)21(5-2)6-3/h4,8-9,12-13,20,24H,1,5-7,10-11H2,2-3H3. The summed E-state index contributed by atoms with van der Waals surface area (Å²) in [6.45, 7) is 9.36. The SMILES string of the molecule is C=CC(=O)OCCCOC(O)c1cc(=O)oc2cc(N(CC)CC)ccc12. The highest BCUT2D eigenvalue weighted by Gasteiger charge is 2.16. The molecule has 1 atom stereocenters. The maximum atomic E-state index is 11.9. The van der Waals surface area contributed by atoms with Gasteiger partial charge < -0.3 is 23.9 Å². The Morgan fingerprint density at radius 3 is 2.70 bits per heavy atom. The van der Waals surface area contributed by atoms with Crippen LogP contribution in [0.15, 0.2) is 46.1 Å². The number of ether oxygens (including phenoxy) is 2. The predicted molar refractivity (Wildman–Crippen MR) is 103 cm³/mol. The smallest absolute Gasteiger partial charge is 0.336 e.